The first-order chi connectivity index (χ1) is 8.96. The molecule has 1 heterocycles. The van der Waals surface area contributed by atoms with E-state index in [1.807, 2.05) is 4.90 Å². The zero-order valence-electron chi connectivity index (χ0n) is 10.3. The van der Waals surface area contributed by atoms with Gasteiger partial charge in [-0.25, -0.2) is 0 Å². The number of benzene rings is 1. The molecule has 3 N–H and O–H groups in total. The number of nitriles is 1. The van der Waals surface area contributed by atoms with Gasteiger partial charge in [0.1, 0.15) is 0 Å². The molecule has 0 spiro atoms. The van der Waals surface area contributed by atoms with Crippen LogP contribution in [0.3, 0.4) is 0 Å². The van der Waals surface area contributed by atoms with Gasteiger partial charge < -0.3 is 15.7 Å². The fourth-order valence-corrected chi connectivity index (χ4v) is 2.91. The first kappa shape index (κ1) is 13.8. The van der Waals surface area contributed by atoms with Crippen molar-refractivity contribution in [1.29, 1.82) is 5.26 Å². The number of aliphatic hydroxyl groups is 1. The smallest absolute Gasteiger partial charge is 0.251 e. The van der Waals surface area contributed by atoms with Crippen molar-refractivity contribution in [2.45, 2.75) is 18.4 Å². The van der Waals surface area contributed by atoms with Crippen molar-refractivity contribution in [3.63, 3.8) is 0 Å². The minimum atomic E-state index is -1.48. The number of hydrogen-bond acceptors (Lipinski definition) is 4. The number of β-amino-alcohol motifs (C(OH)–C–C–N with tert-alkyl or cyclic N) is 1. The van der Waals surface area contributed by atoms with Gasteiger partial charge in [-0.15, -0.1) is 0 Å². The SMILES string of the molecule is N#Cc1ccc(N2CCC[C@](O)(C(N)=O)C2)c(Br)c1. The molecule has 1 aliphatic heterocycles. The number of piperidine rings is 1. The van der Waals surface area contributed by atoms with E-state index in [0.717, 1.165) is 16.7 Å². The Labute approximate surface area is 119 Å². The maximum absolute atomic E-state index is 11.3. The molecule has 1 aromatic carbocycles. The van der Waals surface area contributed by atoms with E-state index >= 15 is 0 Å². The Kier molecular flexibility index (Phi) is 3.78. The molecule has 1 aliphatic rings. The average Bonchev–Trinajstić information content (AvgIpc) is 2.38. The van der Waals surface area contributed by atoms with Crippen molar-refractivity contribution >= 4 is 27.5 Å². The molecule has 0 aromatic heterocycles. The second kappa shape index (κ2) is 5.19. The van der Waals surface area contributed by atoms with Crippen molar-refractivity contribution in [1.82, 2.24) is 0 Å². The third kappa shape index (κ3) is 2.72. The Morgan fingerprint density at radius 2 is 2.32 bits per heavy atom. The minimum Gasteiger partial charge on any atom is -0.378 e. The third-order valence-electron chi connectivity index (χ3n) is 3.35. The molecule has 100 valence electrons. The first-order valence-corrected chi connectivity index (χ1v) is 6.72. The van der Waals surface area contributed by atoms with Crippen molar-refractivity contribution in [3.05, 3.63) is 28.2 Å². The molecule has 0 radical (unpaired) electrons. The molecule has 1 atom stereocenters. The summed E-state index contributed by atoms with van der Waals surface area (Å²) in [6.07, 6.45) is 1.07. The number of primary amides is 1. The predicted octanol–water partition coefficient (Wildman–Crippen LogP) is 1.14. The van der Waals surface area contributed by atoms with Gasteiger partial charge in [0, 0.05) is 11.0 Å². The van der Waals surface area contributed by atoms with Crippen LogP contribution < -0.4 is 10.6 Å². The predicted molar refractivity (Wildman–Crippen MR) is 74.4 cm³/mol. The number of nitrogens with two attached hydrogens (primary N) is 1. The van der Waals surface area contributed by atoms with Crippen LogP contribution in [-0.2, 0) is 4.79 Å². The summed E-state index contributed by atoms with van der Waals surface area (Å²) in [6.45, 7) is 0.910. The molecule has 1 saturated heterocycles. The molecule has 5 nitrogen and oxygen atoms in total. The number of hydrogen-bond donors (Lipinski definition) is 2. The highest BCUT2D eigenvalue weighted by molar-refractivity contribution is 9.10. The number of nitrogens with zero attached hydrogens (tertiary/aromatic N) is 2. The van der Waals surface area contributed by atoms with Crippen LogP contribution in [0.2, 0.25) is 0 Å². The number of carbonyl (C=O) groups is 1. The quantitative estimate of drug-likeness (QED) is 0.853. The van der Waals surface area contributed by atoms with E-state index in [1.54, 1.807) is 18.2 Å². The maximum atomic E-state index is 11.3. The highest BCUT2D eigenvalue weighted by Crippen LogP contribution is 2.32. The lowest BCUT2D eigenvalue weighted by molar-refractivity contribution is -0.137. The molecule has 0 saturated carbocycles. The Bertz CT molecular complexity index is 555. The molecule has 0 bridgehead atoms. The molecular weight excluding hydrogens is 310 g/mol. The molecule has 1 fully saturated rings. The summed E-state index contributed by atoms with van der Waals surface area (Å²) in [6, 6.07) is 7.28. The molecule has 1 aromatic rings. The van der Waals surface area contributed by atoms with Gasteiger partial charge in [-0.2, -0.15) is 5.26 Å². The maximum Gasteiger partial charge on any atom is 0.251 e. The Balaban J connectivity index is 2.28. The summed E-state index contributed by atoms with van der Waals surface area (Å²) in [4.78, 5) is 13.2. The van der Waals surface area contributed by atoms with Crippen LogP contribution in [0.1, 0.15) is 18.4 Å². The van der Waals surface area contributed by atoms with Gasteiger partial charge in [0.15, 0.2) is 5.60 Å². The lowest BCUT2D eigenvalue weighted by Crippen LogP contribution is -2.56. The standard InChI is InChI=1S/C13H14BrN3O2/c14-10-6-9(7-15)2-3-11(10)17-5-1-4-13(19,8-17)12(16)18/h2-3,6,19H,1,4-5,8H2,(H2,16,18)/t13-/m1/s1. The van der Waals surface area contributed by atoms with E-state index in [2.05, 4.69) is 22.0 Å². The normalized spacial score (nSPS) is 22.9. The highest BCUT2D eigenvalue weighted by Gasteiger charge is 2.39. The van der Waals surface area contributed by atoms with E-state index in [4.69, 9.17) is 11.0 Å². The number of amides is 1. The first-order valence-electron chi connectivity index (χ1n) is 5.93. The molecule has 0 aliphatic carbocycles. The zero-order valence-corrected chi connectivity index (χ0v) is 11.9. The van der Waals surface area contributed by atoms with Gasteiger partial charge in [0.25, 0.3) is 5.91 Å². The summed E-state index contributed by atoms with van der Waals surface area (Å²) in [5.41, 5.74) is 5.17. The van der Waals surface area contributed by atoms with Crippen LogP contribution >= 0.6 is 15.9 Å². The largest absolute Gasteiger partial charge is 0.378 e. The van der Waals surface area contributed by atoms with Crippen molar-refractivity contribution in [2.75, 3.05) is 18.0 Å². The van der Waals surface area contributed by atoms with Crippen molar-refractivity contribution < 1.29 is 9.90 Å². The lowest BCUT2D eigenvalue weighted by Gasteiger charge is -2.38. The second-order valence-corrected chi connectivity index (χ2v) is 5.55. The van der Waals surface area contributed by atoms with Gasteiger partial charge in [0.05, 0.1) is 23.9 Å². The summed E-state index contributed by atoms with van der Waals surface area (Å²) in [7, 11) is 0. The summed E-state index contributed by atoms with van der Waals surface area (Å²) in [5.74, 6) is -0.693. The van der Waals surface area contributed by atoms with E-state index in [0.29, 0.717) is 18.4 Å². The Morgan fingerprint density at radius 3 is 2.89 bits per heavy atom. The van der Waals surface area contributed by atoms with Crippen LogP contribution in [0.5, 0.6) is 0 Å². The Hall–Kier alpha value is -1.58. The molecule has 6 heteroatoms. The van der Waals surface area contributed by atoms with Crippen LogP contribution in [0.25, 0.3) is 0 Å². The monoisotopic (exact) mass is 323 g/mol. The van der Waals surface area contributed by atoms with Crippen molar-refractivity contribution in [3.8, 4) is 6.07 Å². The lowest BCUT2D eigenvalue weighted by atomic mass is 9.92. The molecule has 19 heavy (non-hydrogen) atoms. The summed E-state index contributed by atoms with van der Waals surface area (Å²) in [5, 5.41) is 19.0. The summed E-state index contributed by atoms with van der Waals surface area (Å²) >= 11 is 3.41. The average molecular weight is 324 g/mol. The number of carbonyl (C=O) groups excluding carboxylic acids is 1. The van der Waals surface area contributed by atoms with Gasteiger partial charge in [-0.1, -0.05) is 0 Å². The van der Waals surface area contributed by atoms with Crippen LogP contribution in [0.4, 0.5) is 5.69 Å². The molecule has 1 amide bonds. The van der Waals surface area contributed by atoms with E-state index < -0.39 is 11.5 Å². The molecule has 0 unspecified atom stereocenters. The third-order valence-corrected chi connectivity index (χ3v) is 3.98. The summed E-state index contributed by atoms with van der Waals surface area (Å²) < 4.78 is 0.764. The topological polar surface area (TPSA) is 90.3 Å². The fourth-order valence-electron chi connectivity index (χ4n) is 2.28. The highest BCUT2D eigenvalue weighted by atomic mass is 79.9. The van der Waals surface area contributed by atoms with Gasteiger partial charge >= 0.3 is 0 Å². The van der Waals surface area contributed by atoms with Crippen LogP contribution in [0.15, 0.2) is 22.7 Å². The van der Waals surface area contributed by atoms with Gasteiger partial charge in [-0.05, 0) is 47.0 Å². The van der Waals surface area contributed by atoms with E-state index in [1.165, 1.54) is 0 Å². The van der Waals surface area contributed by atoms with E-state index in [-0.39, 0.29) is 6.54 Å². The van der Waals surface area contributed by atoms with Gasteiger partial charge in [0.2, 0.25) is 0 Å². The number of rotatable bonds is 2. The second-order valence-electron chi connectivity index (χ2n) is 4.70. The Morgan fingerprint density at radius 1 is 1.58 bits per heavy atom. The van der Waals surface area contributed by atoms with Crippen LogP contribution in [0, 0.1) is 11.3 Å². The molecule has 2 rings (SSSR count). The minimum absolute atomic E-state index is 0.173. The fraction of sp³-hybridized carbons (Fsp3) is 0.385. The molecular formula is C13H14BrN3O2. The zero-order chi connectivity index (χ0) is 14.0. The number of halogens is 1. The number of anilines is 1. The van der Waals surface area contributed by atoms with Crippen LogP contribution in [-0.4, -0.2) is 29.7 Å². The van der Waals surface area contributed by atoms with Crippen molar-refractivity contribution in [2.24, 2.45) is 5.73 Å². The van der Waals surface area contributed by atoms with Gasteiger partial charge in [-0.3, -0.25) is 4.79 Å². The van der Waals surface area contributed by atoms with E-state index in [9.17, 15) is 9.90 Å².